The van der Waals surface area contributed by atoms with E-state index in [0.717, 1.165) is 5.56 Å². The summed E-state index contributed by atoms with van der Waals surface area (Å²) < 4.78 is 25.3. The smallest absolute Gasteiger partial charge is 0.244 e. The molecule has 27 heavy (non-hydrogen) atoms. The highest BCUT2D eigenvalue weighted by molar-refractivity contribution is 5.71. The normalized spacial score (nSPS) is 15.7. The third-order valence-corrected chi connectivity index (χ3v) is 4.53. The van der Waals surface area contributed by atoms with Gasteiger partial charge in [-0.15, -0.1) is 5.10 Å². The summed E-state index contributed by atoms with van der Waals surface area (Å²) in [6.07, 6.45) is 0. The zero-order chi connectivity index (χ0) is 19.0. The number of H-pyrrole nitrogens is 1. The van der Waals surface area contributed by atoms with Crippen molar-refractivity contribution in [2.75, 3.05) is 7.11 Å². The molecule has 1 unspecified atom stereocenters. The minimum absolute atomic E-state index is 0.0777. The van der Waals surface area contributed by atoms with Gasteiger partial charge in [0.1, 0.15) is 23.2 Å². The standard InChI is InChI=1S/C20H15FN4O2/c1-26-12-8-6-11(7-9-12)18-17-16(13-4-2-3-5-15(13)21)14(10-22)19(23)27-20(17)25-24-18/h2-9,16H,23H2,1H3,(H,24,25). The molecule has 0 spiro atoms. The highest BCUT2D eigenvalue weighted by Crippen LogP contribution is 2.46. The van der Waals surface area contributed by atoms with E-state index < -0.39 is 11.7 Å². The van der Waals surface area contributed by atoms with Crippen LogP contribution in [0, 0.1) is 17.1 Å². The molecule has 0 aliphatic carbocycles. The maximum absolute atomic E-state index is 14.6. The van der Waals surface area contributed by atoms with Crippen LogP contribution >= 0.6 is 0 Å². The van der Waals surface area contributed by atoms with E-state index in [1.807, 2.05) is 12.1 Å². The van der Waals surface area contributed by atoms with Crippen molar-refractivity contribution in [3.05, 3.63) is 76.9 Å². The number of methoxy groups -OCH3 is 1. The molecule has 3 aromatic rings. The van der Waals surface area contributed by atoms with Crippen molar-refractivity contribution < 1.29 is 13.9 Å². The lowest BCUT2D eigenvalue weighted by Gasteiger charge is -2.24. The van der Waals surface area contributed by atoms with Crippen molar-refractivity contribution in [2.24, 2.45) is 5.73 Å². The predicted octanol–water partition coefficient (Wildman–Crippen LogP) is 3.44. The van der Waals surface area contributed by atoms with Gasteiger partial charge in [-0.1, -0.05) is 18.2 Å². The van der Waals surface area contributed by atoms with Crippen LogP contribution < -0.4 is 15.2 Å². The van der Waals surface area contributed by atoms with Gasteiger partial charge in [-0.2, -0.15) is 5.26 Å². The van der Waals surface area contributed by atoms with Crippen LogP contribution in [0.15, 0.2) is 60.0 Å². The Morgan fingerprint density at radius 1 is 1.22 bits per heavy atom. The number of nitrogens with zero attached hydrogens (tertiary/aromatic N) is 2. The number of fused-ring (bicyclic) bond motifs is 1. The third-order valence-electron chi connectivity index (χ3n) is 4.53. The van der Waals surface area contributed by atoms with Crippen molar-refractivity contribution in [1.82, 2.24) is 10.2 Å². The molecule has 7 heteroatoms. The summed E-state index contributed by atoms with van der Waals surface area (Å²) in [7, 11) is 1.59. The number of aromatic nitrogens is 2. The van der Waals surface area contributed by atoms with Crippen molar-refractivity contribution in [3.8, 4) is 29.0 Å². The molecule has 2 aromatic carbocycles. The third kappa shape index (κ3) is 2.68. The van der Waals surface area contributed by atoms with Crippen LogP contribution in [0.1, 0.15) is 17.0 Å². The lowest BCUT2D eigenvalue weighted by atomic mass is 9.83. The van der Waals surface area contributed by atoms with Crippen LogP contribution in [0.2, 0.25) is 0 Å². The number of aromatic amines is 1. The molecule has 0 fully saturated rings. The van der Waals surface area contributed by atoms with Crippen LogP contribution in [-0.4, -0.2) is 17.3 Å². The Labute approximate surface area is 154 Å². The molecule has 4 rings (SSSR count). The summed E-state index contributed by atoms with van der Waals surface area (Å²) in [5.74, 6) is -0.305. The quantitative estimate of drug-likeness (QED) is 0.744. The molecule has 3 N–H and O–H groups in total. The van der Waals surface area contributed by atoms with Crippen molar-refractivity contribution in [2.45, 2.75) is 5.92 Å². The van der Waals surface area contributed by atoms with E-state index in [4.69, 9.17) is 15.2 Å². The van der Waals surface area contributed by atoms with Crippen LogP contribution in [-0.2, 0) is 0 Å². The Hall–Kier alpha value is -3.79. The lowest BCUT2D eigenvalue weighted by Crippen LogP contribution is -2.21. The van der Waals surface area contributed by atoms with Gasteiger partial charge in [0.05, 0.1) is 24.3 Å². The van der Waals surface area contributed by atoms with Gasteiger partial charge >= 0.3 is 0 Å². The van der Waals surface area contributed by atoms with Gasteiger partial charge in [0.2, 0.25) is 11.8 Å². The Morgan fingerprint density at radius 2 is 1.96 bits per heavy atom. The first kappa shape index (κ1) is 16.7. The fourth-order valence-electron chi connectivity index (χ4n) is 3.24. The van der Waals surface area contributed by atoms with Crippen LogP contribution in [0.3, 0.4) is 0 Å². The molecule has 2 heterocycles. The first-order valence-electron chi connectivity index (χ1n) is 8.18. The number of allylic oxidation sites excluding steroid dienone is 1. The first-order valence-corrected chi connectivity index (χ1v) is 8.18. The summed E-state index contributed by atoms with van der Waals surface area (Å²) in [6.45, 7) is 0. The molecule has 0 radical (unpaired) electrons. The maximum atomic E-state index is 14.6. The topological polar surface area (TPSA) is 97.0 Å². The van der Waals surface area contributed by atoms with Crippen molar-refractivity contribution >= 4 is 0 Å². The van der Waals surface area contributed by atoms with Gasteiger partial charge in [0.15, 0.2) is 0 Å². The van der Waals surface area contributed by atoms with Gasteiger partial charge in [0.25, 0.3) is 0 Å². The van der Waals surface area contributed by atoms with Gasteiger partial charge in [-0.3, -0.25) is 5.10 Å². The second kappa shape index (κ2) is 6.50. The van der Waals surface area contributed by atoms with E-state index >= 15 is 0 Å². The molecule has 6 nitrogen and oxygen atoms in total. The summed E-state index contributed by atoms with van der Waals surface area (Å²) in [4.78, 5) is 0. The maximum Gasteiger partial charge on any atom is 0.244 e. The van der Waals surface area contributed by atoms with E-state index in [-0.39, 0.29) is 17.3 Å². The SMILES string of the molecule is COc1ccc(-c2[nH]nc3c2C(c2ccccc2F)C(C#N)=C(N)O3)cc1. The molecule has 0 amide bonds. The van der Waals surface area contributed by atoms with Crippen molar-refractivity contribution in [1.29, 1.82) is 5.26 Å². The number of hydrogen-bond donors (Lipinski definition) is 2. The summed E-state index contributed by atoms with van der Waals surface area (Å²) in [5.41, 5.74) is 8.37. The first-order chi connectivity index (χ1) is 13.1. The zero-order valence-electron chi connectivity index (χ0n) is 14.4. The van der Waals surface area contributed by atoms with Crippen molar-refractivity contribution in [3.63, 3.8) is 0 Å². The fourth-order valence-corrected chi connectivity index (χ4v) is 3.24. The van der Waals surface area contributed by atoms with Gasteiger partial charge < -0.3 is 15.2 Å². The minimum atomic E-state index is -0.726. The van der Waals surface area contributed by atoms with Crippen LogP contribution in [0.25, 0.3) is 11.3 Å². The largest absolute Gasteiger partial charge is 0.497 e. The predicted molar refractivity (Wildman–Crippen MR) is 96.3 cm³/mol. The van der Waals surface area contributed by atoms with E-state index in [1.54, 1.807) is 37.4 Å². The average Bonchev–Trinajstić information content (AvgIpc) is 3.11. The molecular weight excluding hydrogens is 347 g/mol. The molecule has 1 aliphatic rings. The van der Waals surface area contributed by atoms with E-state index in [2.05, 4.69) is 16.3 Å². The number of hydrogen-bond acceptors (Lipinski definition) is 5. The van der Waals surface area contributed by atoms with Gasteiger partial charge in [0, 0.05) is 11.1 Å². The molecule has 0 bridgehead atoms. The zero-order valence-corrected chi connectivity index (χ0v) is 14.4. The molecule has 134 valence electrons. The second-order valence-corrected chi connectivity index (χ2v) is 5.99. The highest BCUT2D eigenvalue weighted by atomic mass is 19.1. The van der Waals surface area contributed by atoms with Gasteiger partial charge in [-0.25, -0.2) is 4.39 Å². The van der Waals surface area contributed by atoms with E-state index in [1.165, 1.54) is 6.07 Å². The van der Waals surface area contributed by atoms with E-state index in [0.29, 0.717) is 22.6 Å². The molecule has 1 aromatic heterocycles. The van der Waals surface area contributed by atoms with Crippen LogP contribution in [0.5, 0.6) is 11.6 Å². The summed E-state index contributed by atoms with van der Waals surface area (Å²) in [5, 5.41) is 16.7. The minimum Gasteiger partial charge on any atom is -0.497 e. The summed E-state index contributed by atoms with van der Waals surface area (Å²) >= 11 is 0. The monoisotopic (exact) mass is 362 g/mol. The molecule has 1 aliphatic heterocycles. The molecule has 0 saturated carbocycles. The number of rotatable bonds is 3. The molecule has 0 saturated heterocycles. The number of nitriles is 1. The van der Waals surface area contributed by atoms with E-state index in [9.17, 15) is 9.65 Å². The second-order valence-electron chi connectivity index (χ2n) is 5.99. The number of ether oxygens (including phenoxy) is 2. The molecule has 1 atom stereocenters. The Balaban J connectivity index is 1.93. The Kier molecular flexibility index (Phi) is 4.01. The molecular formula is C20H15FN4O2. The average molecular weight is 362 g/mol. The number of nitrogens with two attached hydrogens (primary N) is 1. The number of benzene rings is 2. The van der Waals surface area contributed by atoms with Gasteiger partial charge in [-0.05, 0) is 30.3 Å². The number of halogens is 1. The Bertz CT molecular complexity index is 1080. The van der Waals surface area contributed by atoms with Crippen LogP contribution in [0.4, 0.5) is 4.39 Å². The summed E-state index contributed by atoms with van der Waals surface area (Å²) in [6, 6.07) is 15.6. The lowest BCUT2D eigenvalue weighted by molar-refractivity contribution is 0.378. The highest BCUT2D eigenvalue weighted by Gasteiger charge is 2.36. The fraction of sp³-hybridized carbons (Fsp3) is 0.100. The Morgan fingerprint density at radius 3 is 2.63 bits per heavy atom. The number of nitrogens with one attached hydrogen (secondary N) is 1.